The van der Waals surface area contributed by atoms with E-state index in [4.69, 9.17) is 9.47 Å². The fraction of sp³-hybridized carbons (Fsp3) is 1.00. The Kier molecular flexibility index (Phi) is 5.35. The zero-order valence-corrected chi connectivity index (χ0v) is 8.71. The van der Waals surface area contributed by atoms with Crippen molar-refractivity contribution in [3.8, 4) is 0 Å². The molecular formula is C10H21NO2. The summed E-state index contributed by atoms with van der Waals surface area (Å²) in [5.41, 5.74) is 0. The van der Waals surface area contributed by atoms with Crippen molar-refractivity contribution in [2.24, 2.45) is 5.92 Å². The van der Waals surface area contributed by atoms with E-state index in [0.717, 1.165) is 39.4 Å². The molecule has 3 heteroatoms. The second-order valence-electron chi connectivity index (χ2n) is 3.73. The molecule has 1 N–H and O–H groups in total. The zero-order chi connectivity index (χ0) is 9.52. The van der Waals surface area contributed by atoms with Crippen LogP contribution in [-0.4, -0.2) is 39.0 Å². The number of nitrogens with one attached hydrogen (secondary N) is 1. The summed E-state index contributed by atoms with van der Waals surface area (Å²) in [7, 11) is 0. The first-order valence-corrected chi connectivity index (χ1v) is 5.21. The molecule has 0 aromatic carbocycles. The molecule has 1 saturated heterocycles. The molecule has 1 heterocycles. The topological polar surface area (TPSA) is 30.5 Å². The summed E-state index contributed by atoms with van der Waals surface area (Å²) in [5, 5.41) is 3.31. The minimum absolute atomic E-state index is 0.465. The number of hydrogen-bond acceptors (Lipinski definition) is 3. The van der Waals surface area contributed by atoms with Crippen molar-refractivity contribution in [1.82, 2.24) is 5.32 Å². The predicted octanol–water partition coefficient (Wildman–Crippen LogP) is 1.04. The van der Waals surface area contributed by atoms with Gasteiger partial charge in [-0.1, -0.05) is 6.92 Å². The maximum Gasteiger partial charge on any atom is 0.0617 e. The summed E-state index contributed by atoms with van der Waals surface area (Å²) in [6.07, 6.45) is 1.16. The highest BCUT2D eigenvalue weighted by Crippen LogP contribution is 2.12. The summed E-state index contributed by atoms with van der Waals surface area (Å²) >= 11 is 0. The van der Waals surface area contributed by atoms with Gasteiger partial charge in [0.25, 0.3) is 0 Å². The molecule has 1 fully saturated rings. The Bertz CT molecular complexity index is 124. The summed E-state index contributed by atoms with van der Waals surface area (Å²) in [5.74, 6) is 0.633. The quantitative estimate of drug-likeness (QED) is 0.674. The fourth-order valence-corrected chi connectivity index (χ4v) is 1.53. The van der Waals surface area contributed by atoms with Gasteiger partial charge in [0.15, 0.2) is 0 Å². The van der Waals surface area contributed by atoms with E-state index >= 15 is 0 Å². The van der Waals surface area contributed by atoms with Crippen LogP contribution in [-0.2, 0) is 9.47 Å². The SMILES string of the molecule is CCNC(C)COCC1CCOC1. The van der Waals surface area contributed by atoms with Crippen LogP contribution in [0.3, 0.4) is 0 Å². The maximum atomic E-state index is 5.59. The smallest absolute Gasteiger partial charge is 0.0617 e. The molecule has 0 aliphatic carbocycles. The number of ether oxygens (including phenoxy) is 2. The van der Waals surface area contributed by atoms with E-state index in [1.807, 2.05) is 0 Å². The van der Waals surface area contributed by atoms with E-state index < -0.39 is 0 Å². The van der Waals surface area contributed by atoms with Gasteiger partial charge in [0, 0.05) is 18.6 Å². The van der Waals surface area contributed by atoms with Crippen LogP contribution < -0.4 is 5.32 Å². The lowest BCUT2D eigenvalue weighted by atomic mass is 10.1. The van der Waals surface area contributed by atoms with Gasteiger partial charge in [-0.3, -0.25) is 0 Å². The van der Waals surface area contributed by atoms with Gasteiger partial charge in [-0.15, -0.1) is 0 Å². The van der Waals surface area contributed by atoms with Gasteiger partial charge in [-0.05, 0) is 19.9 Å². The van der Waals surface area contributed by atoms with Crippen molar-refractivity contribution in [3.63, 3.8) is 0 Å². The normalized spacial score (nSPS) is 24.9. The lowest BCUT2D eigenvalue weighted by molar-refractivity contribution is 0.0778. The summed E-state index contributed by atoms with van der Waals surface area (Å²) in [4.78, 5) is 0. The van der Waals surface area contributed by atoms with Crippen LogP contribution in [0.4, 0.5) is 0 Å². The van der Waals surface area contributed by atoms with E-state index in [1.165, 1.54) is 0 Å². The third kappa shape index (κ3) is 4.60. The molecule has 0 aromatic heterocycles. The largest absolute Gasteiger partial charge is 0.381 e. The maximum absolute atomic E-state index is 5.59. The lowest BCUT2D eigenvalue weighted by Gasteiger charge is -2.14. The van der Waals surface area contributed by atoms with Gasteiger partial charge < -0.3 is 14.8 Å². The summed E-state index contributed by atoms with van der Waals surface area (Å²) < 4.78 is 10.9. The van der Waals surface area contributed by atoms with Crippen molar-refractivity contribution in [1.29, 1.82) is 0 Å². The van der Waals surface area contributed by atoms with E-state index in [-0.39, 0.29) is 0 Å². The second kappa shape index (κ2) is 6.35. The zero-order valence-electron chi connectivity index (χ0n) is 8.71. The molecule has 1 aliphatic heterocycles. The standard InChI is InChI=1S/C10H21NO2/c1-3-11-9(2)6-13-8-10-4-5-12-7-10/h9-11H,3-8H2,1-2H3. The van der Waals surface area contributed by atoms with Crippen molar-refractivity contribution in [2.75, 3.05) is 33.0 Å². The molecule has 3 nitrogen and oxygen atoms in total. The van der Waals surface area contributed by atoms with Crippen molar-refractivity contribution < 1.29 is 9.47 Å². The number of hydrogen-bond donors (Lipinski definition) is 1. The molecule has 0 amide bonds. The molecule has 0 saturated carbocycles. The third-order valence-electron chi connectivity index (χ3n) is 2.30. The predicted molar refractivity (Wildman–Crippen MR) is 52.9 cm³/mol. The Balaban J connectivity index is 1.93. The Hall–Kier alpha value is -0.120. The third-order valence-corrected chi connectivity index (χ3v) is 2.30. The molecule has 2 atom stereocenters. The summed E-state index contributed by atoms with van der Waals surface area (Å²) in [6, 6.07) is 0.465. The van der Waals surface area contributed by atoms with Crippen LogP contribution in [0.2, 0.25) is 0 Å². The van der Waals surface area contributed by atoms with Crippen molar-refractivity contribution in [2.45, 2.75) is 26.3 Å². The first-order valence-electron chi connectivity index (χ1n) is 5.21. The van der Waals surface area contributed by atoms with Gasteiger partial charge >= 0.3 is 0 Å². The van der Waals surface area contributed by atoms with Gasteiger partial charge in [-0.25, -0.2) is 0 Å². The molecule has 1 aliphatic rings. The van der Waals surface area contributed by atoms with Gasteiger partial charge in [0.1, 0.15) is 0 Å². The van der Waals surface area contributed by atoms with E-state index in [2.05, 4.69) is 19.2 Å². The molecule has 13 heavy (non-hydrogen) atoms. The van der Waals surface area contributed by atoms with Gasteiger partial charge in [0.05, 0.1) is 19.8 Å². The highest BCUT2D eigenvalue weighted by Gasteiger charge is 2.15. The van der Waals surface area contributed by atoms with Gasteiger partial charge in [0.2, 0.25) is 0 Å². The molecule has 1 rings (SSSR count). The van der Waals surface area contributed by atoms with Gasteiger partial charge in [-0.2, -0.15) is 0 Å². The molecule has 0 spiro atoms. The van der Waals surface area contributed by atoms with E-state index in [0.29, 0.717) is 12.0 Å². The Morgan fingerprint density at radius 2 is 2.46 bits per heavy atom. The van der Waals surface area contributed by atoms with Crippen LogP contribution in [0.15, 0.2) is 0 Å². The minimum atomic E-state index is 0.465. The average Bonchev–Trinajstić information content (AvgIpc) is 2.57. The first-order chi connectivity index (χ1) is 6.33. The Morgan fingerprint density at radius 1 is 1.62 bits per heavy atom. The molecule has 0 bridgehead atoms. The van der Waals surface area contributed by atoms with E-state index in [9.17, 15) is 0 Å². The summed E-state index contributed by atoms with van der Waals surface area (Å²) in [6.45, 7) is 8.74. The van der Waals surface area contributed by atoms with Crippen LogP contribution in [0.5, 0.6) is 0 Å². The monoisotopic (exact) mass is 187 g/mol. The van der Waals surface area contributed by atoms with Crippen LogP contribution in [0, 0.1) is 5.92 Å². The Labute approximate surface area is 80.8 Å². The van der Waals surface area contributed by atoms with E-state index in [1.54, 1.807) is 0 Å². The first kappa shape index (κ1) is 11.0. The second-order valence-corrected chi connectivity index (χ2v) is 3.73. The molecule has 2 unspecified atom stereocenters. The number of rotatable bonds is 6. The fourth-order valence-electron chi connectivity index (χ4n) is 1.53. The molecular weight excluding hydrogens is 166 g/mol. The average molecular weight is 187 g/mol. The van der Waals surface area contributed by atoms with Crippen LogP contribution in [0.1, 0.15) is 20.3 Å². The highest BCUT2D eigenvalue weighted by molar-refractivity contribution is 4.64. The number of likely N-dealkylation sites (N-methyl/N-ethyl adjacent to an activating group) is 1. The van der Waals surface area contributed by atoms with Crippen LogP contribution in [0.25, 0.3) is 0 Å². The highest BCUT2D eigenvalue weighted by atomic mass is 16.5. The molecule has 78 valence electrons. The van der Waals surface area contributed by atoms with Crippen molar-refractivity contribution >= 4 is 0 Å². The molecule has 0 aromatic rings. The van der Waals surface area contributed by atoms with Crippen LogP contribution >= 0.6 is 0 Å². The lowest BCUT2D eigenvalue weighted by Crippen LogP contribution is -2.31. The van der Waals surface area contributed by atoms with Crippen molar-refractivity contribution in [3.05, 3.63) is 0 Å². The minimum Gasteiger partial charge on any atom is -0.381 e. The molecule has 0 radical (unpaired) electrons. The Morgan fingerprint density at radius 3 is 3.08 bits per heavy atom.